The zero-order valence-electron chi connectivity index (χ0n) is 7.41. The van der Waals surface area contributed by atoms with Crippen LogP contribution in [0.25, 0.3) is 0 Å². The summed E-state index contributed by atoms with van der Waals surface area (Å²) < 4.78 is 61.9. The largest absolute Gasteiger partial charge is 0.247 e. The van der Waals surface area contributed by atoms with E-state index in [2.05, 4.69) is 0 Å². The third-order valence-corrected chi connectivity index (χ3v) is 2.32. The SMILES string of the molecule is FC(F)CC(F)C(F)CC(F)CCI. The van der Waals surface area contributed by atoms with Crippen LogP contribution in [0, 0.1) is 0 Å². The summed E-state index contributed by atoms with van der Waals surface area (Å²) in [6.45, 7) is 0. The van der Waals surface area contributed by atoms with Gasteiger partial charge in [0.1, 0.15) is 18.5 Å². The Kier molecular flexibility index (Phi) is 7.85. The number of hydrogen-bond acceptors (Lipinski definition) is 0. The van der Waals surface area contributed by atoms with Gasteiger partial charge in [-0.2, -0.15) is 0 Å². The molecular formula is C8H12F5I. The molecule has 0 aromatic carbocycles. The summed E-state index contributed by atoms with van der Waals surface area (Å²) in [6.07, 6.45) is -10.4. The van der Waals surface area contributed by atoms with Gasteiger partial charge < -0.3 is 0 Å². The summed E-state index contributed by atoms with van der Waals surface area (Å²) in [5.74, 6) is 0. The second-order valence-corrected chi connectivity index (χ2v) is 4.05. The molecule has 14 heavy (non-hydrogen) atoms. The molecule has 0 saturated carbocycles. The highest BCUT2D eigenvalue weighted by atomic mass is 127. The summed E-state index contributed by atoms with van der Waals surface area (Å²) >= 11 is 1.91. The van der Waals surface area contributed by atoms with Crippen LogP contribution in [0.2, 0.25) is 0 Å². The number of halogens is 6. The molecule has 0 spiro atoms. The zero-order valence-corrected chi connectivity index (χ0v) is 9.56. The van der Waals surface area contributed by atoms with Crippen LogP contribution in [-0.2, 0) is 0 Å². The predicted octanol–water partition coefficient (Wildman–Crippen LogP) is 3.87. The first-order chi connectivity index (χ1) is 6.47. The molecule has 6 heteroatoms. The maximum atomic E-state index is 12.8. The molecule has 0 saturated heterocycles. The van der Waals surface area contributed by atoms with Crippen LogP contribution in [0.3, 0.4) is 0 Å². The fourth-order valence-corrected chi connectivity index (χ4v) is 1.62. The van der Waals surface area contributed by atoms with E-state index in [0.29, 0.717) is 4.43 Å². The average molecular weight is 330 g/mol. The molecule has 0 rings (SSSR count). The Labute approximate surface area is 93.4 Å². The highest BCUT2D eigenvalue weighted by molar-refractivity contribution is 14.1. The van der Waals surface area contributed by atoms with Crippen LogP contribution in [0.4, 0.5) is 22.0 Å². The van der Waals surface area contributed by atoms with Crippen molar-refractivity contribution >= 4 is 22.6 Å². The van der Waals surface area contributed by atoms with Gasteiger partial charge in [-0.25, -0.2) is 22.0 Å². The van der Waals surface area contributed by atoms with Crippen molar-refractivity contribution in [3.05, 3.63) is 0 Å². The first-order valence-electron chi connectivity index (χ1n) is 4.23. The maximum Gasteiger partial charge on any atom is 0.241 e. The average Bonchev–Trinajstić information content (AvgIpc) is 2.02. The molecule has 0 aromatic rings. The molecule has 0 radical (unpaired) electrons. The van der Waals surface area contributed by atoms with Crippen molar-refractivity contribution < 1.29 is 22.0 Å². The Balaban J connectivity index is 3.76. The Hall–Kier alpha value is 0.380. The number of alkyl halides is 6. The lowest BCUT2D eigenvalue weighted by molar-refractivity contribution is 0.0524. The second kappa shape index (κ2) is 7.64. The summed E-state index contributed by atoms with van der Waals surface area (Å²) in [5, 5.41) is 0. The van der Waals surface area contributed by atoms with E-state index >= 15 is 0 Å². The van der Waals surface area contributed by atoms with Crippen LogP contribution in [0.15, 0.2) is 0 Å². The van der Waals surface area contributed by atoms with Gasteiger partial charge in [0, 0.05) is 17.3 Å². The highest BCUT2D eigenvalue weighted by Gasteiger charge is 2.26. The molecule has 0 aliphatic carbocycles. The monoisotopic (exact) mass is 330 g/mol. The van der Waals surface area contributed by atoms with Gasteiger partial charge in [-0.3, -0.25) is 0 Å². The van der Waals surface area contributed by atoms with Crippen molar-refractivity contribution in [1.29, 1.82) is 0 Å². The first-order valence-corrected chi connectivity index (χ1v) is 5.76. The lowest BCUT2D eigenvalue weighted by Gasteiger charge is -2.14. The van der Waals surface area contributed by atoms with Gasteiger partial charge in [0.25, 0.3) is 0 Å². The fourth-order valence-electron chi connectivity index (χ4n) is 0.946. The maximum absolute atomic E-state index is 12.8. The van der Waals surface area contributed by atoms with E-state index in [-0.39, 0.29) is 6.42 Å². The molecule has 0 bridgehead atoms. The van der Waals surface area contributed by atoms with Crippen molar-refractivity contribution in [3.8, 4) is 0 Å². The van der Waals surface area contributed by atoms with Crippen LogP contribution in [0.1, 0.15) is 19.3 Å². The number of rotatable bonds is 7. The third-order valence-electron chi connectivity index (χ3n) is 1.70. The van der Waals surface area contributed by atoms with E-state index in [4.69, 9.17) is 0 Å². The van der Waals surface area contributed by atoms with Gasteiger partial charge >= 0.3 is 0 Å². The minimum atomic E-state index is -2.88. The van der Waals surface area contributed by atoms with Crippen molar-refractivity contribution in [1.82, 2.24) is 0 Å². The molecule has 0 fully saturated rings. The van der Waals surface area contributed by atoms with E-state index < -0.39 is 37.8 Å². The molecule has 0 heterocycles. The lowest BCUT2D eigenvalue weighted by Crippen LogP contribution is -2.23. The minimum absolute atomic E-state index is 0.127. The molecule has 0 nitrogen and oxygen atoms in total. The summed E-state index contributed by atoms with van der Waals surface area (Å²) in [4.78, 5) is 0. The first kappa shape index (κ1) is 14.4. The minimum Gasteiger partial charge on any atom is -0.247 e. The molecule has 0 N–H and O–H groups in total. The van der Waals surface area contributed by atoms with Gasteiger partial charge in [0.05, 0.1) is 0 Å². The van der Waals surface area contributed by atoms with Gasteiger partial charge in [0.15, 0.2) is 0 Å². The molecule has 0 aliphatic rings. The lowest BCUT2D eigenvalue weighted by atomic mass is 10.1. The van der Waals surface area contributed by atoms with Crippen molar-refractivity contribution in [2.75, 3.05) is 4.43 Å². The standard InChI is InChI=1S/C8H12F5I/c9-5(1-2-14)3-6(10)7(11)4-8(12)13/h5-8H,1-4H2. The van der Waals surface area contributed by atoms with E-state index in [1.165, 1.54) is 0 Å². The molecule has 3 atom stereocenters. The van der Waals surface area contributed by atoms with Crippen LogP contribution in [0.5, 0.6) is 0 Å². The van der Waals surface area contributed by atoms with Crippen LogP contribution < -0.4 is 0 Å². The zero-order chi connectivity index (χ0) is 11.1. The van der Waals surface area contributed by atoms with E-state index in [0.717, 1.165) is 0 Å². The van der Waals surface area contributed by atoms with Crippen molar-refractivity contribution in [2.24, 2.45) is 0 Å². The second-order valence-electron chi connectivity index (χ2n) is 2.97. The Morgan fingerprint density at radius 2 is 1.36 bits per heavy atom. The Bertz CT molecular complexity index is 144. The van der Waals surface area contributed by atoms with E-state index in [1.807, 2.05) is 22.6 Å². The third kappa shape index (κ3) is 6.78. The van der Waals surface area contributed by atoms with Gasteiger partial charge in [-0.05, 0) is 6.42 Å². The Morgan fingerprint density at radius 3 is 1.79 bits per heavy atom. The summed E-state index contributed by atoms with van der Waals surface area (Å²) in [5.41, 5.74) is 0. The van der Waals surface area contributed by atoms with Crippen LogP contribution >= 0.6 is 22.6 Å². The molecule has 86 valence electrons. The van der Waals surface area contributed by atoms with Crippen molar-refractivity contribution in [2.45, 2.75) is 44.2 Å². The highest BCUT2D eigenvalue weighted by Crippen LogP contribution is 2.20. The van der Waals surface area contributed by atoms with Gasteiger partial charge in [-0.1, -0.05) is 22.6 Å². The molecule has 0 aliphatic heterocycles. The van der Waals surface area contributed by atoms with Gasteiger partial charge in [0.2, 0.25) is 6.43 Å². The van der Waals surface area contributed by atoms with Crippen LogP contribution in [-0.4, -0.2) is 29.4 Å². The number of hydrogen-bond donors (Lipinski definition) is 0. The predicted molar refractivity (Wildman–Crippen MR) is 53.4 cm³/mol. The normalized spacial score (nSPS) is 18.2. The van der Waals surface area contributed by atoms with Gasteiger partial charge in [-0.15, -0.1) is 0 Å². The van der Waals surface area contributed by atoms with E-state index in [1.54, 1.807) is 0 Å². The van der Waals surface area contributed by atoms with Crippen molar-refractivity contribution in [3.63, 3.8) is 0 Å². The van der Waals surface area contributed by atoms with E-state index in [9.17, 15) is 22.0 Å². The summed E-state index contributed by atoms with van der Waals surface area (Å²) in [6, 6.07) is 0. The molecule has 0 aromatic heterocycles. The molecular weight excluding hydrogens is 318 g/mol. The quantitative estimate of drug-likeness (QED) is 0.378. The Morgan fingerprint density at radius 1 is 0.857 bits per heavy atom. The topological polar surface area (TPSA) is 0 Å². The molecule has 3 unspecified atom stereocenters. The summed E-state index contributed by atoms with van der Waals surface area (Å²) in [7, 11) is 0. The fraction of sp³-hybridized carbons (Fsp3) is 1.00. The smallest absolute Gasteiger partial charge is 0.241 e. The molecule has 0 amide bonds.